The molecule has 3 aromatic carbocycles. The predicted molar refractivity (Wildman–Crippen MR) is 142 cm³/mol. The minimum Gasteiger partial charge on any atom is -0.406 e. The molecule has 5 rings (SSSR count). The summed E-state index contributed by atoms with van der Waals surface area (Å²) in [5, 5.41) is 0.220. The molecule has 0 radical (unpaired) electrons. The van der Waals surface area contributed by atoms with Crippen molar-refractivity contribution in [1.29, 1.82) is 0 Å². The van der Waals surface area contributed by atoms with Crippen molar-refractivity contribution < 1.29 is 27.0 Å². The number of benzene rings is 3. The summed E-state index contributed by atoms with van der Waals surface area (Å²) in [5.74, 6) is -0.889. The highest BCUT2D eigenvalue weighted by Gasteiger charge is 2.31. The molecule has 40 heavy (non-hydrogen) atoms. The molecule has 0 saturated heterocycles. The van der Waals surface area contributed by atoms with Crippen LogP contribution in [0.4, 0.5) is 17.6 Å². The van der Waals surface area contributed by atoms with E-state index >= 15 is 0 Å². The van der Waals surface area contributed by atoms with E-state index in [1.54, 1.807) is 6.07 Å². The van der Waals surface area contributed by atoms with Crippen LogP contribution in [0.1, 0.15) is 18.5 Å². The van der Waals surface area contributed by atoms with Gasteiger partial charge in [0.1, 0.15) is 17.1 Å². The molecule has 0 aliphatic heterocycles. The molecule has 5 aromatic rings. The van der Waals surface area contributed by atoms with E-state index in [-0.39, 0.29) is 34.8 Å². The molecule has 10 heteroatoms. The summed E-state index contributed by atoms with van der Waals surface area (Å²) >= 11 is 0. The van der Waals surface area contributed by atoms with Crippen LogP contribution in [0, 0.1) is 5.82 Å². The molecule has 2 aromatic heterocycles. The van der Waals surface area contributed by atoms with Gasteiger partial charge < -0.3 is 9.47 Å². The number of halogens is 4. The molecule has 0 amide bonds. The van der Waals surface area contributed by atoms with Crippen molar-refractivity contribution in [2.24, 2.45) is 0 Å². The lowest BCUT2D eigenvalue weighted by atomic mass is 10.0. The summed E-state index contributed by atoms with van der Waals surface area (Å²) < 4.78 is 63.1. The van der Waals surface area contributed by atoms with Crippen LogP contribution < -0.4 is 10.3 Å². The van der Waals surface area contributed by atoms with Crippen LogP contribution in [0.15, 0.2) is 96.1 Å². The van der Waals surface area contributed by atoms with Gasteiger partial charge in [-0.1, -0.05) is 42.5 Å². The zero-order valence-electron chi connectivity index (χ0n) is 21.2. The van der Waals surface area contributed by atoms with Gasteiger partial charge in [-0.3, -0.25) is 9.36 Å². The molecule has 6 nitrogen and oxygen atoms in total. The molecule has 0 saturated carbocycles. The summed E-state index contributed by atoms with van der Waals surface area (Å²) in [6.07, 6.45) is -3.42. The van der Waals surface area contributed by atoms with E-state index in [2.05, 4.69) is 14.7 Å². The quantitative estimate of drug-likeness (QED) is 0.196. The summed E-state index contributed by atoms with van der Waals surface area (Å²) in [6, 6.07) is 21.6. The third kappa shape index (κ3) is 6.18. The largest absolute Gasteiger partial charge is 0.573 e. The van der Waals surface area contributed by atoms with Gasteiger partial charge in [-0.2, -0.15) is 0 Å². The first-order valence-electron chi connectivity index (χ1n) is 12.3. The lowest BCUT2D eigenvalue weighted by Gasteiger charge is -2.17. The zero-order valence-corrected chi connectivity index (χ0v) is 21.2. The van der Waals surface area contributed by atoms with Crippen LogP contribution in [0.25, 0.3) is 33.4 Å². The molecular formula is C30H23F4N3O3. The fourth-order valence-corrected chi connectivity index (χ4v) is 4.27. The highest BCUT2D eigenvalue weighted by Crippen LogP contribution is 2.31. The molecule has 0 bridgehead atoms. The monoisotopic (exact) mass is 549 g/mol. The Balaban J connectivity index is 1.54. The number of ether oxygens (including phenoxy) is 2. The van der Waals surface area contributed by atoms with Crippen molar-refractivity contribution >= 4 is 10.9 Å². The minimum atomic E-state index is -4.83. The van der Waals surface area contributed by atoms with Crippen LogP contribution >= 0.6 is 0 Å². The number of rotatable bonds is 8. The first-order valence-corrected chi connectivity index (χ1v) is 12.3. The van der Waals surface area contributed by atoms with E-state index < -0.39 is 17.9 Å². The molecular weight excluding hydrogens is 526 g/mol. The zero-order chi connectivity index (χ0) is 28.3. The maximum atomic E-state index is 14.1. The number of aromatic nitrogens is 3. The van der Waals surface area contributed by atoms with Gasteiger partial charge >= 0.3 is 6.36 Å². The maximum absolute atomic E-state index is 14.1. The van der Waals surface area contributed by atoms with Crippen LogP contribution in [-0.4, -0.2) is 27.5 Å². The third-order valence-electron chi connectivity index (χ3n) is 6.20. The van der Waals surface area contributed by atoms with Gasteiger partial charge in [0.15, 0.2) is 0 Å². The fourth-order valence-electron chi connectivity index (χ4n) is 4.27. The molecule has 0 aliphatic rings. The topological polar surface area (TPSA) is 66.2 Å². The van der Waals surface area contributed by atoms with Gasteiger partial charge in [0.05, 0.1) is 42.4 Å². The Labute approximate surface area is 226 Å². The first-order chi connectivity index (χ1) is 19.2. The van der Waals surface area contributed by atoms with Crippen molar-refractivity contribution in [1.82, 2.24) is 14.5 Å². The average molecular weight is 550 g/mol. The van der Waals surface area contributed by atoms with Gasteiger partial charge in [0.2, 0.25) is 0 Å². The van der Waals surface area contributed by atoms with E-state index in [1.165, 1.54) is 47.3 Å². The van der Waals surface area contributed by atoms with Gasteiger partial charge in [0, 0.05) is 11.1 Å². The second-order valence-corrected chi connectivity index (χ2v) is 9.14. The minimum absolute atomic E-state index is 0.220. The van der Waals surface area contributed by atoms with Gasteiger partial charge in [-0.05, 0) is 55.0 Å². The van der Waals surface area contributed by atoms with E-state index in [4.69, 9.17) is 4.74 Å². The Kier molecular flexibility index (Phi) is 7.61. The summed E-state index contributed by atoms with van der Waals surface area (Å²) in [7, 11) is 0. The van der Waals surface area contributed by atoms with Crippen molar-refractivity contribution in [2.75, 3.05) is 6.61 Å². The lowest BCUT2D eigenvalue weighted by molar-refractivity contribution is -0.274. The Bertz CT molecular complexity index is 1690. The molecule has 0 aliphatic carbocycles. The van der Waals surface area contributed by atoms with Crippen molar-refractivity contribution in [2.45, 2.75) is 25.9 Å². The summed E-state index contributed by atoms with van der Waals surface area (Å²) in [5.41, 5.74) is 2.30. The first kappa shape index (κ1) is 27.0. The SMILES string of the molecule is CC(COCc1ccccc1)n1cnc2c(-c3cccc(F)c3)nc(-c3ccc(OC(F)(F)F)cc3)cc2c1=O. The van der Waals surface area contributed by atoms with E-state index in [0.717, 1.165) is 17.7 Å². The Morgan fingerprint density at radius 1 is 0.925 bits per heavy atom. The van der Waals surface area contributed by atoms with Crippen molar-refractivity contribution in [3.05, 3.63) is 113 Å². The van der Waals surface area contributed by atoms with Crippen LogP contribution in [0.3, 0.4) is 0 Å². The van der Waals surface area contributed by atoms with Gasteiger partial charge in [0.25, 0.3) is 5.56 Å². The van der Waals surface area contributed by atoms with E-state index in [1.807, 2.05) is 37.3 Å². The molecule has 2 heterocycles. The van der Waals surface area contributed by atoms with E-state index in [0.29, 0.717) is 23.4 Å². The number of hydrogen-bond donors (Lipinski definition) is 0. The maximum Gasteiger partial charge on any atom is 0.573 e. The molecule has 204 valence electrons. The highest BCUT2D eigenvalue weighted by atomic mass is 19.4. The van der Waals surface area contributed by atoms with E-state index in [9.17, 15) is 22.4 Å². The van der Waals surface area contributed by atoms with Gasteiger partial charge in [-0.15, -0.1) is 13.2 Å². The Hall–Kier alpha value is -4.57. The third-order valence-corrected chi connectivity index (χ3v) is 6.20. The second-order valence-electron chi connectivity index (χ2n) is 9.14. The van der Waals surface area contributed by atoms with Gasteiger partial charge in [-0.25, -0.2) is 14.4 Å². The smallest absolute Gasteiger partial charge is 0.406 e. The highest BCUT2D eigenvalue weighted by molar-refractivity contribution is 5.93. The van der Waals surface area contributed by atoms with Crippen molar-refractivity contribution in [3.8, 4) is 28.3 Å². The number of pyridine rings is 1. The number of hydrogen-bond acceptors (Lipinski definition) is 5. The number of alkyl halides is 3. The summed E-state index contributed by atoms with van der Waals surface area (Å²) in [4.78, 5) is 22.8. The molecule has 0 fully saturated rings. The number of fused-ring (bicyclic) bond motifs is 1. The Morgan fingerprint density at radius 2 is 1.68 bits per heavy atom. The molecule has 1 unspecified atom stereocenters. The average Bonchev–Trinajstić information content (AvgIpc) is 2.93. The second kappa shape index (κ2) is 11.3. The molecule has 0 N–H and O–H groups in total. The van der Waals surface area contributed by atoms with Crippen LogP contribution in [0.5, 0.6) is 5.75 Å². The lowest BCUT2D eigenvalue weighted by Crippen LogP contribution is -2.26. The van der Waals surface area contributed by atoms with Crippen LogP contribution in [0.2, 0.25) is 0 Å². The van der Waals surface area contributed by atoms with Crippen molar-refractivity contribution in [3.63, 3.8) is 0 Å². The molecule has 1 atom stereocenters. The Morgan fingerprint density at radius 3 is 2.38 bits per heavy atom. The molecule has 0 spiro atoms. The number of nitrogens with zero attached hydrogens (tertiary/aromatic N) is 3. The standard InChI is InChI=1S/C30H23F4N3O3/c1-19(16-39-17-20-6-3-2-4-7-20)37-18-35-28-25(29(37)38)15-26(36-27(28)22-8-5-9-23(31)14-22)21-10-12-24(13-11-21)40-30(32,33)34/h2-15,18-19H,16-17H2,1H3. The predicted octanol–water partition coefficient (Wildman–Crippen LogP) is 6.94. The fraction of sp³-hybridized carbons (Fsp3) is 0.167. The van der Waals surface area contributed by atoms with Crippen LogP contribution in [-0.2, 0) is 11.3 Å². The normalized spacial score (nSPS) is 12.4. The summed E-state index contributed by atoms with van der Waals surface area (Å²) in [6.45, 7) is 2.46.